The SMILES string of the molecule is COCc1c(OC)cnc(C)c1O.COc1ccc(C)c(O)c1C[NH3+].COc1cnc(C)c(O)c1CN.Cl.O=C1CC[C@@H](C(=O)O)N1. The molecule has 0 unspecified atom stereocenters. The number of quaternary nitrogens is 1. The number of nitrogens with zero attached hydrogens (tertiary/aromatic N) is 2. The summed E-state index contributed by atoms with van der Waals surface area (Å²) in [5.41, 5.74) is 13.2. The van der Waals surface area contributed by atoms with E-state index in [1.165, 1.54) is 14.2 Å². The van der Waals surface area contributed by atoms with Crippen LogP contribution in [-0.2, 0) is 34.0 Å². The van der Waals surface area contributed by atoms with Gasteiger partial charge in [-0.25, -0.2) is 4.79 Å². The van der Waals surface area contributed by atoms with E-state index >= 15 is 0 Å². The molecule has 0 saturated carbocycles. The van der Waals surface area contributed by atoms with Crippen LogP contribution in [0.15, 0.2) is 24.5 Å². The molecule has 3 aromatic rings. The van der Waals surface area contributed by atoms with Crippen LogP contribution in [0.25, 0.3) is 0 Å². The molecule has 10 N–H and O–H groups in total. The molecule has 16 heteroatoms. The monoisotopic (exact) mass is 684 g/mol. The number of phenols is 1. The molecule has 1 aliphatic rings. The van der Waals surface area contributed by atoms with Crippen molar-refractivity contribution in [2.24, 2.45) is 5.73 Å². The number of aromatic hydroxyl groups is 3. The summed E-state index contributed by atoms with van der Waals surface area (Å²) in [5.74, 6) is 1.23. The Balaban J connectivity index is 0.000000600. The van der Waals surface area contributed by atoms with Crippen LogP contribution >= 0.6 is 12.4 Å². The lowest BCUT2D eigenvalue weighted by atomic mass is 10.1. The Morgan fingerprint density at radius 2 is 1.40 bits per heavy atom. The van der Waals surface area contributed by atoms with Crippen molar-refractivity contribution in [1.29, 1.82) is 0 Å². The summed E-state index contributed by atoms with van der Waals surface area (Å²) in [6.45, 7) is 6.41. The average Bonchev–Trinajstić information content (AvgIpc) is 3.49. The number of carbonyl (C=O) groups is 2. The molecule has 4 rings (SSSR count). The molecule has 0 bridgehead atoms. The highest BCUT2D eigenvalue weighted by Crippen LogP contribution is 2.30. The number of aryl methyl sites for hydroxylation is 3. The Bertz CT molecular complexity index is 1400. The van der Waals surface area contributed by atoms with Crippen molar-refractivity contribution in [2.75, 3.05) is 28.4 Å². The third-order valence-corrected chi connectivity index (χ3v) is 6.74. The first-order valence-corrected chi connectivity index (χ1v) is 14.1. The first-order valence-electron chi connectivity index (χ1n) is 14.1. The topological polar surface area (TPSA) is 243 Å². The van der Waals surface area contributed by atoms with Crippen molar-refractivity contribution >= 4 is 24.3 Å². The average molecular weight is 685 g/mol. The second kappa shape index (κ2) is 21.3. The zero-order chi connectivity index (χ0) is 35.0. The minimum Gasteiger partial charge on any atom is -0.507 e. The van der Waals surface area contributed by atoms with Gasteiger partial charge in [-0.3, -0.25) is 14.8 Å². The number of benzene rings is 1. The van der Waals surface area contributed by atoms with Gasteiger partial charge in [-0.1, -0.05) is 6.07 Å². The summed E-state index contributed by atoms with van der Waals surface area (Å²) >= 11 is 0. The highest BCUT2D eigenvalue weighted by Gasteiger charge is 2.26. The maximum Gasteiger partial charge on any atom is 0.326 e. The summed E-state index contributed by atoms with van der Waals surface area (Å²) in [7, 11) is 6.20. The lowest BCUT2D eigenvalue weighted by molar-refractivity contribution is -0.386. The molecule has 1 amide bonds. The number of phenolic OH excluding ortho intramolecular Hbond substituents is 1. The minimum absolute atomic E-state index is 0. The van der Waals surface area contributed by atoms with Crippen molar-refractivity contribution < 1.29 is 54.7 Å². The number of pyridine rings is 2. The van der Waals surface area contributed by atoms with E-state index in [0.29, 0.717) is 71.5 Å². The van der Waals surface area contributed by atoms with E-state index in [4.69, 9.17) is 29.8 Å². The number of nitrogens with one attached hydrogen (secondary N) is 1. The Morgan fingerprint density at radius 1 is 0.894 bits per heavy atom. The van der Waals surface area contributed by atoms with Crippen LogP contribution in [-0.4, -0.2) is 76.8 Å². The third-order valence-electron chi connectivity index (χ3n) is 6.74. The zero-order valence-corrected chi connectivity index (χ0v) is 28.6. The van der Waals surface area contributed by atoms with Gasteiger partial charge in [0.25, 0.3) is 0 Å². The van der Waals surface area contributed by atoms with Crippen LogP contribution in [0.4, 0.5) is 0 Å². The number of amides is 1. The van der Waals surface area contributed by atoms with Crippen LogP contribution in [0.2, 0.25) is 0 Å². The normalized spacial score (nSPS) is 12.8. The molecule has 1 aromatic carbocycles. The predicted octanol–water partition coefficient (Wildman–Crippen LogP) is 2.04. The maximum atomic E-state index is 10.4. The summed E-state index contributed by atoms with van der Waals surface area (Å²) in [5, 5.41) is 39.3. The molecule has 0 spiro atoms. The van der Waals surface area contributed by atoms with Gasteiger partial charge in [0, 0.05) is 20.1 Å². The molecule has 3 heterocycles. The van der Waals surface area contributed by atoms with Gasteiger partial charge in [0.2, 0.25) is 5.91 Å². The number of carboxylic acid groups (broad SMARTS) is 1. The van der Waals surface area contributed by atoms with Gasteiger partial charge in [-0.2, -0.15) is 0 Å². The van der Waals surface area contributed by atoms with E-state index in [0.717, 1.165) is 11.1 Å². The number of aromatic nitrogens is 2. The fourth-order valence-corrected chi connectivity index (χ4v) is 4.06. The number of aliphatic carboxylic acids is 1. The van der Waals surface area contributed by atoms with Crippen molar-refractivity contribution in [1.82, 2.24) is 15.3 Å². The molecule has 15 nitrogen and oxygen atoms in total. The quantitative estimate of drug-likeness (QED) is 0.180. The molecule has 1 atom stereocenters. The predicted molar refractivity (Wildman–Crippen MR) is 175 cm³/mol. The fourth-order valence-electron chi connectivity index (χ4n) is 4.06. The van der Waals surface area contributed by atoms with Crippen LogP contribution in [0.3, 0.4) is 0 Å². The van der Waals surface area contributed by atoms with Gasteiger partial charge in [0.05, 0.1) is 68.4 Å². The van der Waals surface area contributed by atoms with Gasteiger partial charge >= 0.3 is 5.97 Å². The largest absolute Gasteiger partial charge is 0.507 e. The van der Waals surface area contributed by atoms with Gasteiger partial charge in [-0.05, 0) is 38.8 Å². The second-order valence-electron chi connectivity index (χ2n) is 9.77. The van der Waals surface area contributed by atoms with Gasteiger partial charge < -0.3 is 56.2 Å². The summed E-state index contributed by atoms with van der Waals surface area (Å²) in [6.07, 6.45) is 3.89. The molecule has 2 aromatic heterocycles. The lowest BCUT2D eigenvalue weighted by Gasteiger charge is -2.10. The Labute approximate surface area is 280 Å². The Morgan fingerprint density at radius 3 is 1.79 bits per heavy atom. The van der Waals surface area contributed by atoms with Gasteiger partial charge in [0.15, 0.2) is 0 Å². The molecule has 1 fully saturated rings. The third kappa shape index (κ3) is 12.3. The summed E-state index contributed by atoms with van der Waals surface area (Å²) < 4.78 is 20.0. The van der Waals surface area contributed by atoms with Gasteiger partial charge in [-0.15, -0.1) is 12.4 Å². The minimum atomic E-state index is -0.944. The van der Waals surface area contributed by atoms with E-state index in [1.54, 1.807) is 40.5 Å². The van der Waals surface area contributed by atoms with E-state index in [-0.39, 0.29) is 36.4 Å². The van der Waals surface area contributed by atoms with Crippen LogP contribution in [0.1, 0.15) is 46.5 Å². The number of hydrogen-bond acceptors (Lipinski definition) is 12. The van der Waals surface area contributed by atoms with E-state index in [1.807, 2.05) is 19.1 Å². The number of hydrogen-bond donors (Lipinski definition) is 7. The highest BCUT2D eigenvalue weighted by atomic mass is 35.5. The first kappa shape index (κ1) is 42.4. The highest BCUT2D eigenvalue weighted by molar-refractivity contribution is 5.87. The van der Waals surface area contributed by atoms with Crippen molar-refractivity contribution in [3.05, 3.63) is 58.2 Å². The van der Waals surface area contributed by atoms with Crippen LogP contribution < -0.4 is 31.0 Å². The molecule has 262 valence electrons. The van der Waals surface area contributed by atoms with Crippen LogP contribution in [0.5, 0.6) is 34.5 Å². The number of nitrogens with two attached hydrogens (primary N) is 1. The Kier molecular flexibility index (Phi) is 19.2. The van der Waals surface area contributed by atoms with Crippen LogP contribution in [0, 0.1) is 20.8 Å². The standard InChI is InChI=1S/C9H13NO3.C9H13NO2.C8H12N2O2.C5H7NO3.ClH/c1-6-9(11)7(5-12-2)8(13-3)4-10-6;1-6-3-4-8(12-2)7(5-10)9(6)11;1-5-8(11)6(3-9)7(12-2)4-10-5;7-4-2-1-3(6-4)5(8)9;/h4,11H,5H2,1-3H3;3-4,11H,5,10H2,1-2H3;4,11H,3,9H2,1-2H3;3H,1-2H2,(H,6,7)(H,8,9);1H/p+1/t;;;3-;/m...0./s1. The van der Waals surface area contributed by atoms with Crippen molar-refractivity contribution in [3.63, 3.8) is 0 Å². The summed E-state index contributed by atoms with van der Waals surface area (Å²) in [6, 6.07) is 3.03. The lowest BCUT2D eigenvalue weighted by Crippen LogP contribution is -2.47. The fraction of sp³-hybridized carbons (Fsp3) is 0.419. The van der Waals surface area contributed by atoms with E-state index < -0.39 is 12.0 Å². The second-order valence-corrected chi connectivity index (χ2v) is 9.77. The molecule has 1 aliphatic heterocycles. The van der Waals surface area contributed by atoms with Crippen molar-refractivity contribution in [3.8, 4) is 34.5 Å². The number of carboxylic acids is 1. The Hall–Kier alpha value is -4.57. The smallest absolute Gasteiger partial charge is 0.326 e. The number of carbonyl (C=O) groups excluding carboxylic acids is 1. The number of halogens is 1. The first-order chi connectivity index (χ1) is 21.8. The maximum absolute atomic E-state index is 10.4. The number of ether oxygens (including phenoxy) is 4. The van der Waals surface area contributed by atoms with Crippen molar-refractivity contribution in [2.45, 2.75) is 59.4 Å². The number of methoxy groups -OCH3 is 4. The molecule has 0 aliphatic carbocycles. The van der Waals surface area contributed by atoms with E-state index in [9.17, 15) is 24.9 Å². The van der Waals surface area contributed by atoms with E-state index in [2.05, 4.69) is 21.0 Å². The molecule has 47 heavy (non-hydrogen) atoms. The molecular weight excluding hydrogens is 638 g/mol. The molecule has 1 saturated heterocycles. The summed E-state index contributed by atoms with van der Waals surface area (Å²) in [4.78, 5) is 28.4. The van der Waals surface area contributed by atoms with Gasteiger partial charge in [0.1, 0.15) is 47.1 Å². The number of rotatable bonds is 8. The zero-order valence-electron chi connectivity index (χ0n) is 27.7. The molecule has 0 radical (unpaired) electrons. The molecular formula is C31H47ClN5O10+.